The molecule has 0 aliphatic heterocycles. The Morgan fingerprint density at radius 3 is 1.57 bits per heavy atom. The van der Waals surface area contributed by atoms with Gasteiger partial charge in [-0.05, 0) is 53.6 Å². The summed E-state index contributed by atoms with van der Waals surface area (Å²) in [4.78, 5) is 0. The van der Waals surface area contributed by atoms with Crippen LogP contribution in [0.15, 0.2) is 24.3 Å². The molecule has 0 aliphatic rings. The molecule has 1 unspecified atom stereocenters. The van der Waals surface area contributed by atoms with Crippen molar-refractivity contribution in [1.29, 1.82) is 0 Å². The van der Waals surface area contributed by atoms with Gasteiger partial charge < -0.3 is 0 Å². The molecule has 0 aromatic heterocycles. The second-order valence-corrected chi connectivity index (χ2v) is 8.41. The number of hydrogen-bond acceptors (Lipinski definition) is 0. The van der Waals surface area contributed by atoms with Gasteiger partial charge in [0, 0.05) is 0 Å². The molecule has 132 valence electrons. The first kappa shape index (κ1) is 20.3. The maximum absolute atomic E-state index is 2.50. The Morgan fingerprint density at radius 2 is 1.17 bits per heavy atom. The van der Waals surface area contributed by atoms with E-state index in [4.69, 9.17) is 0 Å². The molecule has 1 aromatic carbocycles. The van der Waals surface area contributed by atoms with Crippen LogP contribution in [0.25, 0.3) is 0 Å². The lowest BCUT2D eigenvalue weighted by Gasteiger charge is -2.35. The highest BCUT2D eigenvalue weighted by Gasteiger charge is 2.29. The van der Waals surface area contributed by atoms with Crippen LogP contribution in [0, 0.1) is 17.8 Å². The van der Waals surface area contributed by atoms with Crippen LogP contribution in [0.3, 0.4) is 0 Å². The second kappa shape index (κ2) is 9.50. The Labute approximate surface area is 146 Å². The summed E-state index contributed by atoms with van der Waals surface area (Å²) in [5.74, 6) is 2.38. The molecule has 0 spiro atoms. The molecule has 0 N–H and O–H groups in total. The molecule has 0 heteroatoms. The van der Waals surface area contributed by atoms with Gasteiger partial charge in [-0.25, -0.2) is 0 Å². The van der Waals surface area contributed by atoms with Crippen molar-refractivity contribution in [2.24, 2.45) is 17.8 Å². The number of benzene rings is 1. The van der Waals surface area contributed by atoms with Crippen LogP contribution in [0.1, 0.15) is 91.7 Å². The van der Waals surface area contributed by atoms with Gasteiger partial charge in [-0.15, -0.1) is 0 Å². The van der Waals surface area contributed by atoms with E-state index < -0.39 is 0 Å². The monoisotopic (exact) mass is 316 g/mol. The van der Waals surface area contributed by atoms with Gasteiger partial charge in [0.2, 0.25) is 0 Å². The highest BCUT2D eigenvalue weighted by molar-refractivity contribution is 5.29. The smallest absolute Gasteiger partial charge is 0.00702 e. The molecule has 0 amide bonds. The largest absolute Gasteiger partial charge is 0.0651 e. The molecule has 1 rings (SSSR count). The van der Waals surface area contributed by atoms with Gasteiger partial charge >= 0.3 is 0 Å². The van der Waals surface area contributed by atoms with E-state index >= 15 is 0 Å². The Bertz CT molecular complexity index is 416. The van der Waals surface area contributed by atoms with Gasteiger partial charge in [-0.3, -0.25) is 0 Å². The number of rotatable bonds is 10. The summed E-state index contributed by atoms with van der Waals surface area (Å²) in [5.41, 5.74) is 3.36. The molecular formula is C23H40. The minimum absolute atomic E-state index is 0.319. The molecule has 0 bridgehead atoms. The molecule has 1 aromatic rings. The van der Waals surface area contributed by atoms with Crippen LogP contribution in [0.5, 0.6) is 0 Å². The summed E-state index contributed by atoms with van der Waals surface area (Å²) in [6.45, 7) is 16.6. The molecule has 0 radical (unpaired) electrons. The highest BCUT2D eigenvalue weighted by atomic mass is 14.3. The molecular weight excluding hydrogens is 276 g/mol. The third kappa shape index (κ3) is 6.32. The lowest BCUT2D eigenvalue weighted by Crippen LogP contribution is -2.27. The van der Waals surface area contributed by atoms with Crippen LogP contribution in [-0.2, 0) is 11.8 Å². The van der Waals surface area contributed by atoms with Crippen LogP contribution >= 0.6 is 0 Å². The summed E-state index contributed by atoms with van der Waals surface area (Å²) < 4.78 is 0. The third-order valence-corrected chi connectivity index (χ3v) is 5.92. The lowest BCUT2D eigenvalue weighted by molar-refractivity contribution is 0.280. The molecule has 0 heterocycles. The third-order valence-electron chi connectivity index (χ3n) is 5.92. The van der Waals surface area contributed by atoms with Crippen LogP contribution in [0.2, 0.25) is 0 Å². The Balaban J connectivity index is 2.96. The van der Waals surface area contributed by atoms with E-state index in [9.17, 15) is 0 Å². The SMILES string of the molecule is CCC(C)Cc1ccc(C(C)(C[C@@H](C)CC)C[C@@H](C)CC)cc1. The predicted molar refractivity (Wildman–Crippen MR) is 105 cm³/mol. The molecule has 0 saturated carbocycles. The van der Waals surface area contributed by atoms with Crippen molar-refractivity contribution >= 4 is 0 Å². The molecule has 0 saturated heterocycles. The fraction of sp³-hybridized carbons (Fsp3) is 0.739. The summed E-state index contributed by atoms with van der Waals surface area (Å²) in [6.07, 6.45) is 7.65. The fourth-order valence-electron chi connectivity index (χ4n) is 3.74. The van der Waals surface area contributed by atoms with E-state index in [-0.39, 0.29) is 0 Å². The topological polar surface area (TPSA) is 0 Å². The van der Waals surface area contributed by atoms with Crippen LogP contribution < -0.4 is 0 Å². The maximum Gasteiger partial charge on any atom is -0.00702 e. The van der Waals surface area contributed by atoms with Gasteiger partial charge in [-0.1, -0.05) is 92.0 Å². The van der Waals surface area contributed by atoms with Gasteiger partial charge in [0.05, 0.1) is 0 Å². The van der Waals surface area contributed by atoms with Crippen molar-refractivity contribution in [1.82, 2.24) is 0 Å². The minimum Gasteiger partial charge on any atom is -0.0651 e. The molecule has 0 fully saturated rings. The van der Waals surface area contributed by atoms with E-state index in [1.165, 1.54) is 44.1 Å². The Kier molecular flexibility index (Phi) is 8.37. The van der Waals surface area contributed by atoms with Crippen LogP contribution in [0.4, 0.5) is 0 Å². The van der Waals surface area contributed by atoms with Crippen molar-refractivity contribution in [3.63, 3.8) is 0 Å². The van der Waals surface area contributed by atoms with Gasteiger partial charge in [0.15, 0.2) is 0 Å². The highest BCUT2D eigenvalue weighted by Crippen LogP contribution is 2.38. The zero-order valence-corrected chi connectivity index (χ0v) is 16.8. The van der Waals surface area contributed by atoms with E-state index in [0.717, 1.165) is 17.8 Å². The first-order valence-electron chi connectivity index (χ1n) is 9.93. The van der Waals surface area contributed by atoms with Crippen molar-refractivity contribution in [2.45, 2.75) is 92.4 Å². The fourth-order valence-corrected chi connectivity index (χ4v) is 3.74. The maximum atomic E-state index is 2.50. The molecule has 23 heavy (non-hydrogen) atoms. The first-order chi connectivity index (χ1) is 10.8. The Hall–Kier alpha value is -0.780. The Morgan fingerprint density at radius 1 is 0.739 bits per heavy atom. The average Bonchev–Trinajstić information content (AvgIpc) is 2.54. The van der Waals surface area contributed by atoms with E-state index in [1.807, 2.05) is 0 Å². The van der Waals surface area contributed by atoms with Gasteiger partial charge in [-0.2, -0.15) is 0 Å². The van der Waals surface area contributed by atoms with Gasteiger partial charge in [0.1, 0.15) is 0 Å². The lowest BCUT2D eigenvalue weighted by atomic mass is 9.69. The van der Waals surface area contributed by atoms with Crippen molar-refractivity contribution in [3.05, 3.63) is 35.4 Å². The molecule has 3 atom stereocenters. The second-order valence-electron chi connectivity index (χ2n) is 8.41. The summed E-state index contributed by atoms with van der Waals surface area (Å²) in [5, 5.41) is 0. The number of hydrogen-bond donors (Lipinski definition) is 0. The normalized spacial score (nSPS) is 16.1. The molecule has 0 aliphatic carbocycles. The van der Waals surface area contributed by atoms with Crippen molar-refractivity contribution < 1.29 is 0 Å². The zero-order valence-electron chi connectivity index (χ0n) is 16.8. The van der Waals surface area contributed by atoms with E-state index in [1.54, 1.807) is 5.56 Å². The standard InChI is InChI=1S/C23H40/c1-8-18(4)15-21-11-13-22(14-12-21)23(7,16-19(5)9-2)17-20(6)10-3/h11-14,18-20H,8-10,15-17H2,1-7H3/t18?,19-,20-/m0/s1. The predicted octanol–water partition coefficient (Wildman–Crippen LogP) is 7.41. The summed E-state index contributed by atoms with van der Waals surface area (Å²) >= 11 is 0. The minimum atomic E-state index is 0.319. The summed E-state index contributed by atoms with van der Waals surface area (Å²) in [6, 6.07) is 9.60. The first-order valence-corrected chi connectivity index (χ1v) is 9.93. The van der Waals surface area contributed by atoms with Crippen LogP contribution in [-0.4, -0.2) is 0 Å². The average molecular weight is 317 g/mol. The van der Waals surface area contributed by atoms with E-state index in [2.05, 4.69) is 72.7 Å². The van der Waals surface area contributed by atoms with Crippen molar-refractivity contribution in [2.75, 3.05) is 0 Å². The quantitative estimate of drug-likeness (QED) is 0.421. The van der Waals surface area contributed by atoms with Gasteiger partial charge in [0.25, 0.3) is 0 Å². The molecule has 0 nitrogen and oxygen atoms in total. The zero-order chi connectivity index (χ0) is 17.5. The van der Waals surface area contributed by atoms with E-state index in [0.29, 0.717) is 5.41 Å². The van der Waals surface area contributed by atoms with Crippen molar-refractivity contribution in [3.8, 4) is 0 Å². The summed E-state index contributed by atoms with van der Waals surface area (Å²) in [7, 11) is 0.